The number of hydrogen-bond donors (Lipinski definition) is 1. The average Bonchev–Trinajstić information content (AvgIpc) is 2.55. The molecule has 0 bridgehead atoms. The quantitative estimate of drug-likeness (QED) is 0.624. The van der Waals surface area contributed by atoms with Crippen molar-refractivity contribution in [2.24, 2.45) is 10.9 Å². The molecule has 2 rings (SSSR count). The van der Waals surface area contributed by atoms with Crippen molar-refractivity contribution in [3.05, 3.63) is 58.9 Å². The Morgan fingerprint density at radius 3 is 2.67 bits per heavy atom. The Morgan fingerprint density at radius 1 is 1.33 bits per heavy atom. The summed E-state index contributed by atoms with van der Waals surface area (Å²) >= 11 is 6.09. The van der Waals surface area contributed by atoms with Gasteiger partial charge in [-0.15, -0.1) is 0 Å². The smallest absolute Gasteiger partial charge is 0.314 e. The Kier molecular flexibility index (Phi) is 6.32. The Morgan fingerprint density at radius 2 is 2.04 bits per heavy atom. The van der Waals surface area contributed by atoms with E-state index in [2.05, 4.69) is 4.99 Å². The van der Waals surface area contributed by atoms with Crippen molar-refractivity contribution >= 4 is 29.5 Å². The zero-order valence-corrected chi connectivity index (χ0v) is 13.8. The second-order valence-electron chi connectivity index (χ2n) is 5.09. The molecule has 0 heterocycles. The van der Waals surface area contributed by atoms with Crippen LogP contribution in [0, 0.1) is 11.7 Å². The average molecular weight is 350 g/mol. The van der Waals surface area contributed by atoms with Crippen molar-refractivity contribution < 1.29 is 19.0 Å². The van der Waals surface area contributed by atoms with Gasteiger partial charge in [0.2, 0.25) is 0 Å². The maximum atomic E-state index is 12.9. The van der Waals surface area contributed by atoms with Crippen LogP contribution in [0.3, 0.4) is 0 Å². The molecule has 0 aromatic heterocycles. The molecule has 0 aliphatic carbocycles. The summed E-state index contributed by atoms with van der Waals surface area (Å²) in [6, 6.07) is 10.2. The van der Waals surface area contributed by atoms with Crippen LogP contribution in [-0.2, 0) is 16.0 Å². The fourth-order valence-electron chi connectivity index (χ4n) is 2.09. The third kappa shape index (κ3) is 5.06. The first-order valence-corrected chi connectivity index (χ1v) is 7.81. The van der Waals surface area contributed by atoms with Gasteiger partial charge in [-0.1, -0.05) is 17.7 Å². The van der Waals surface area contributed by atoms with Crippen molar-refractivity contribution in [1.82, 2.24) is 0 Å². The molecule has 24 heavy (non-hydrogen) atoms. The Balaban J connectivity index is 2.20. The number of benzene rings is 2. The molecular formula is C18H17ClFNO3. The number of aliphatic imine (C=N–C) groups is 1. The second kappa shape index (κ2) is 8.45. The van der Waals surface area contributed by atoms with Gasteiger partial charge in [0.15, 0.2) is 0 Å². The zero-order valence-electron chi connectivity index (χ0n) is 13.1. The van der Waals surface area contributed by atoms with Gasteiger partial charge in [0, 0.05) is 11.2 Å². The summed E-state index contributed by atoms with van der Waals surface area (Å²) in [7, 11) is 0. The van der Waals surface area contributed by atoms with Gasteiger partial charge in [-0.2, -0.15) is 0 Å². The maximum absolute atomic E-state index is 12.9. The summed E-state index contributed by atoms with van der Waals surface area (Å²) in [4.78, 5) is 16.3. The van der Waals surface area contributed by atoms with Crippen molar-refractivity contribution in [3.63, 3.8) is 0 Å². The summed E-state index contributed by atoms with van der Waals surface area (Å²) in [5.74, 6) is -1.37. The first-order valence-electron chi connectivity index (χ1n) is 7.43. The van der Waals surface area contributed by atoms with Crippen LogP contribution in [0.4, 0.5) is 10.1 Å². The van der Waals surface area contributed by atoms with Crippen molar-refractivity contribution in [3.8, 4) is 5.75 Å². The van der Waals surface area contributed by atoms with E-state index in [1.54, 1.807) is 13.0 Å². The number of phenols is 1. The molecule has 2 aromatic rings. The topological polar surface area (TPSA) is 58.9 Å². The van der Waals surface area contributed by atoms with Gasteiger partial charge in [0.25, 0.3) is 0 Å². The highest BCUT2D eigenvalue weighted by Crippen LogP contribution is 2.24. The lowest BCUT2D eigenvalue weighted by atomic mass is 10.00. The van der Waals surface area contributed by atoms with E-state index in [0.717, 1.165) is 0 Å². The first-order chi connectivity index (χ1) is 11.5. The fraction of sp³-hybridized carbons (Fsp3) is 0.222. The Bertz CT molecular complexity index is 732. The first kappa shape index (κ1) is 17.9. The van der Waals surface area contributed by atoms with Gasteiger partial charge in [0.05, 0.1) is 18.2 Å². The number of carbonyl (C=O) groups is 1. The van der Waals surface area contributed by atoms with E-state index < -0.39 is 11.9 Å². The van der Waals surface area contributed by atoms with Gasteiger partial charge in [-0.3, -0.25) is 9.79 Å². The second-order valence-corrected chi connectivity index (χ2v) is 5.50. The van der Waals surface area contributed by atoms with Crippen LogP contribution in [0.2, 0.25) is 5.02 Å². The lowest BCUT2D eigenvalue weighted by Crippen LogP contribution is -2.21. The molecule has 0 saturated carbocycles. The minimum Gasteiger partial charge on any atom is -0.508 e. The predicted molar refractivity (Wildman–Crippen MR) is 91.5 cm³/mol. The molecule has 0 aliphatic rings. The minimum absolute atomic E-state index is 0.0522. The zero-order chi connectivity index (χ0) is 17.5. The largest absolute Gasteiger partial charge is 0.508 e. The SMILES string of the molecule is CCOC(=O)C(C=Nc1ccc(F)cc1)Cc1ccc(O)cc1Cl. The van der Waals surface area contributed by atoms with Crippen LogP contribution < -0.4 is 0 Å². The summed E-state index contributed by atoms with van der Waals surface area (Å²) in [6.07, 6.45) is 1.75. The monoisotopic (exact) mass is 349 g/mol. The molecule has 1 unspecified atom stereocenters. The molecule has 4 nitrogen and oxygen atoms in total. The number of aromatic hydroxyl groups is 1. The third-order valence-corrected chi connectivity index (χ3v) is 3.65. The molecule has 0 spiro atoms. The van der Waals surface area contributed by atoms with E-state index in [1.807, 2.05) is 0 Å². The van der Waals surface area contributed by atoms with E-state index in [9.17, 15) is 14.3 Å². The molecule has 6 heteroatoms. The van der Waals surface area contributed by atoms with E-state index in [4.69, 9.17) is 16.3 Å². The highest BCUT2D eigenvalue weighted by Gasteiger charge is 2.19. The number of hydrogen-bond acceptors (Lipinski definition) is 4. The number of rotatable bonds is 6. The van der Waals surface area contributed by atoms with E-state index in [1.165, 1.54) is 42.6 Å². The molecular weight excluding hydrogens is 333 g/mol. The normalized spacial score (nSPS) is 12.3. The van der Waals surface area contributed by atoms with Crippen LogP contribution >= 0.6 is 11.6 Å². The number of carbonyl (C=O) groups excluding carboxylic acids is 1. The highest BCUT2D eigenvalue weighted by molar-refractivity contribution is 6.31. The number of esters is 1. The predicted octanol–water partition coefficient (Wildman–Crippen LogP) is 4.31. The molecule has 0 aliphatic heterocycles. The fourth-order valence-corrected chi connectivity index (χ4v) is 2.34. The van der Waals surface area contributed by atoms with Gasteiger partial charge in [-0.05, 0) is 55.3 Å². The van der Waals surface area contributed by atoms with Crippen LogP contribution in [0.25, 0.3) is 0 Å². The lowest BCUT2D eigenvalue weighted by molar-refractivity contribution is -0.145. The molecule has 0 radical (unpaired) electrons. The van der Waals surface area contributed by atoms with Gasteiger partial charge >= 0.3 is 5.97 Å². The van der Waals surface area contributed by atoms with Crippen LogP contribution in [0.15, 0.2) is 47.5 Å². The van der Waals surface area contributed by atoms with Gasteiger partial charge < -0.3 is 9.84 Å². The molecule has 1 atom stereocenters. The number of nitrogens with zero attached hydrogens (tertiary/aromatic N) is 1. The van der Waals surface area contributed by atoms with Crippen molar-refractivity contribution in [2.45, 2.75) is 13.3 Å². The molecule has 0 saturated heterocycles. The summed E-state index contributed by atoms with van der Waals surface area (Å²) in [6.45, 7) is 1.97. The van der Waals surface area contributed by atoms with Crippen LogP contribution in [0.1, 0.15) is 12.5 Å². The molecule has 126 valence electrons. The van der Waals surface area contributed by atoms with Crippen LogP contribution in [0.5, 0.6) is 5.75 Å². The molecule has 0 fully saturated rings. The minimum atomic E-state index is -0.642. The number of ether oxygens (including phenoxy) is 1. The highest BCUT2D eigenvalue weighted by atomic mass is 35.5. The van der Waals surface area contributed by atoms with Gasteiger partial charge in [0.1, 0.15) is 11.6 Å². The number of phenolic OH excluding ortho intramolecular Hbond substituents is 1. The standard InChI is InChI=1S/C18H17ClFNO3/c1-2-24-18(23)13(9-12-3-8-16(22)10-17(12)19)11-21-15-6-4-14(20)5-7-15/h3-8,10-11,13,22H,2,9H2,1H3. The Hall–Kier alpha value is -2.40. The molecule has 0 amide bonds. The van der Waals surface area contributed by atoms with E-state index >= 15 is 0 Å². The maximum Gasteiger partial charge on any atom is 0.314 e. The number of halogens is 2. The van der Waals surface area contributed by atoms with Gasteiger partial charge in [-0.25, -0.2) is 4.39 Å². The van der Waals surface area contributed by atoms with Crippen molar-refractivity contribution in [2.75, 3.05) is 6.61 Å². The van der Waals surface area contributed by atoms with E-state index in [0.29, 0.717) is 16.3 Å². The van der Waals surface area contributed by atoms with Crippen LogP contribution in [-0.4, -0.2) is 23.9 Å². The Labute approximate surface area is 144 Å². The molecule has 1 N–H and O–H groups in total. The van der Waals surface area contributed by atoms with E-state index in [-0.39, 0.29) is 24.6 Å². The third-order valence-electron chi connectivity index (χ3n) is 3.30. The lowest BCUT2D eigenvalue weighted by Gasteiger charge is -2.12. The molecule has 2 aromatic carbocycles. The summed E-state index contributed by atoms with van der Waals surface area (Å²) in [5, 5.41) is 9.77. The summed E-state index contributed by atoms with van der Waals surface area (Å²) < 4.78 is 18.0. The van der Waals surface area contributed by atoms with Crippen molar-refractivity contribution in [1.29, 1.82) is 0 Å². The summed E-state index contributed by atoms with van der Waals surface area (Å²) in [5.41, 5.74) is 1.22.